The van der Waals surface area contributed by atoms with E-state index in [9.17, 15) is 9.59 Å². The Morgan fingerprint density at radius 3 is 2.26 bits per heavy atom. The maximum absolute atomic E-state index is 12.4. The zero-order chi connectivity index (χ0) is 13.8. The third-order valence-corrected chi connectivity index (χ3v) is 4.20. The number of carboxylic acid groups (broad SMARTS) is 1. The van der Waals surface area contributed by atoms with Gasteiger partial charge in [0.1, 0.15) is 6.54 Å². The summed E-state index contributed by atoms with van der Waals surface area (Å²) in [6, 6.07) is 0.179. The van der Waals surface area contributed by atoms with Crippen LogP contribution in [-0.2, 0) is 4.79 Å². The third-order valence-electron chi connectivity index (χ3n) is 4.20. The molecular formula is C14H24N2O3. The van der Waals surface area contributed by atoms with E-state index in [2.05, 4.69) is 0 Å². The molecule has 0 atom stereocenters. The van der Waals surface area contributed by atoms with Gasteiger partial charge in [0.05, 0.1) is 0 Å². The Morgan fingerprint density at radius 2 is 1.74 bits per heavy atom. The number of hydrogen-bond acceptors (Lipinski definition) is 2. The molecule has 19 heavy (non-hydrogen) atoms. The molecule has 2 aliphatic rings. The van der Waals surface area contributed by atoms with Gasteiger partial charge in [0.25, 0.3) is 0 Å². The molecule has 5 heteroatoms. The Balaban J connectivity index is 1.93. The molecular weight excluding hydrogens is 244 g/mol. The first-order chi connectivity index (χ1) is 9.08. The lowest BCUT2D eigenvalue weighted by atomic mass is 9.95. The summed E-state index contributed by atoms with van der Waals surface area (Å²) in [5, 5.41) is 8.95. The van der Waals surface area contributed by atoms with E-state index in [0.29, 0.717) is 12.5 Å². The van der Waals surface area contributed by atoms with Crippen molar-refractivity contribution in [2.45, 2.75) is 51.0 Å². The van der Waals surface area contributed by atoms with E-state index in [4.69, 9.17) is 5.11 Å². The van der Waals surface area contributed by atoms with Crippen LogP contribution < -0.4 is 0 Å². The van der Waals surface area contributed by atoms with Crippen LogP contribution in [0.15, 0.2) is 0 Å². The highest BCUT2D eigenvalue weighted by Crippen LogP contribution is 2.30. The predicted octanol–water partition coefficient (Wildman–Crippen LogP) is 2.17. The minimum Gasteiger partial charge on any atom is -0.480 e. The molecule has 0 aromatic heterocycles. The molecule has 108 valence electrons. The number of rotatable bonds is 5. The van der Waals surface area contributed by atoms with Gasteiger partial charge < -0.3 is 14.9 Å². The molecule has 2 rings (SSSR count). The lowest BCUT2D eigenvalue weighted by Crippen LogP contribution is -2.48. The molecule has 2 fully saturated rings. The van der Waals surface area contributed by atoms with Crippen LogP contribution in [0, 0.1) is 5.92 Å². The van der Waals surface area contributed by atoms with Crippen molar-refractivity contribution in [3.8, 4) is 0 Å². The lowest BCUT2D eigenvalue weighted by molar-refractivity contribution is -0.137. The van der Waals surface area contributed by atoms with Crippen LogP contribution in [0.2, 0.25) is 0 Å². The monoisotopic (exact) mass is 268 g/mol. The van der Waals surface area contributed by atoms with Crippen molar-refractivity contribution in [3.63, 3.8) is 0 Å². The highest BCUT2D eigenvalue weighted by atomic mass is 16.4. The molecule has 0 aromatic carbocycles. The first kappa shape index (κ1) is 14.2. The number of carboxylic acids is 1. The summed E-state index contributed by atoms with van der Waals surface area (Å²) >= 11 is 0. The second-order valence-corrected chi connectivity index (χ2v) is 5.90. The van der Waals surface area contributed by atoms with Crippen LogP contribution in [0.4, 0.5) is 4.79 Å². The number of nitrogens with zero attached hydrogens (tertiary/aromatic N) is 2. The largest absolute Gasteiger partial charge is 0.480 e. The summed E-state index contributed by atoms with van der Waals surface area (Å²) in [6.45, 7) is 0.425. The van der Waals surface area contributed by atoms with Gasteiger partial charge in [0.2, 0.25) is 0 Å². The predicted molar refractivity (Wildman–Crippen MR) is 72.0 cm³/mol. The van der Waals surface area contributed by atoms with Crippen molar-refractivity contribution in [1.29, 1.82) is 0 Å². The van der Waals surface area contributed by atoms with E-state index in [1.165, 1.54) is 24.2 Å². The standard InChI is InChI=1S/C14H24N2O3/c1-15(12-5-3-2-4-6-12)14(19)16(10-13(17)18)9-11-7-8-11/h11-12H,2-10H2,1H3,(H,17,18). The molecule has 0 bridgehead atoms. The molecule has 2 saturated carbocycles. The van der Waals surface area contributed by atoms with Gasteiger partial charge in [0, 0.05) is 19.6 Å². The SMILES string of the molecule is CN(C(=O)N(CC(=O)O)CC1CC1)C1CCCCC1. The molecule has 1 N–H and O–H groups in total. The van der Waals surface area contributed by atoms with Crippen LogP contribution in [0.1, 0.15) is 44.9 Å². The van der Waals surface area contributed by atoms with Crippen LogP contribution in [0.25, 0.3) is 0 Å². The van der Waals surface area contributed by atoms with Crippen molar-refractivity contribution in [3.05, 3.63) is 0 Å². The summed E-state index contributed by atoms with van der Waals surface area (Å²) in [6.07, 6.45) is 7.93. The average molecular weight is 268 g/mol. The van der Waals surface area contributed by atoms with E-state index in [1.807, 2.05) is 7.05 Å². The Morgan fingerprint density at radius 1 is 1.11 bits per heavy atom. The van der Waals surface area contributed by atoms with Gasteiger partial charge in [-0.15, -0.1) is 0 Å². The Labute approximate surface area is 114 Å². The summed E-state index contributed by atoms with van der Waals surface area (Å²) < 4.78 is 0. The minimum atomic E-state index is -0.925. The van der Waals surface area contributed by atoms with E-state index in [1.54, 1.807) is 4.90 Å². The first-order valence-electron chi connectivity index (χ1n) is 7.31. The number of carbonyl (C=O) groups is 2. The summed E-state index contributed by atoms with van der Waals surface area (Å²) in [4.78, 5) is 26.6. The van der Waals surface area contributed by atoms with Gasteiger partial charge in [0.15, 0.2) is 0 Å². The van der Waals surface area contributed by atoms with Gasteiger partial charge >= 0.3 is 12.0 Å². The molecule has 0 radical (unpaired) electrons. The Bertz CT molecular complexity index is 336. The Hall–Kier alpha value is -1.26. The quantitative estimate of drug-likeness (QED) is 0.831. The Kier molecular flexibility index (Phi) is 4.66. The molecule has 0 saturated heterocycles. The number of amides is 2. The second-order valence-electron chi connectivity index (χ2n) is 5.90. The van der Waals surface area contributed by atoms with Crippen molar-refractivity contribution >= 4 is 12.0 Å². The van der Waals surface area contributed by atoms with Gasteiger partial charge in [-0.1, -0.05) is 19.3 Å². The van der Waals surface area contributed by atoms with Gasteiger partial charge in [-0.3, -0.25) is 4.79 Å². The zero-order valence-corrected chi connectivity index (χ0v) is 11.7. The molecule has 2 amide bonds. The molecule has 0 unspecified atom stereocenters. The summed E-state index contributed by atoms with van der Waals surface area (Å²) in [7, 11) is 1.82. The molecule has 0 spiro atoms. The number of aliphatic carboxylic acids is 1. The lowest BCUT2D eigenvalue weighted by Gasteiger charge is -2.35. The molecule has 2 aliphatic carbocycles. The van der Waals surface area contributed by atoms with E-state index < -0.39 is 5.97 Å². The van der Waals surface area contributed by atoms with Gasteiger partial charge in [-0.2, -0.15) is 0 Å². The van der Waals surface area contributed by atoms with E-state index in [0.717, 1.165) is 25.7 Å². The highest BCUT2D eigenvalue weighted by Gasteiger charge is 2.31. The number of urea groups is 1. The van der Waals surface area contributed by atoms with Gasteiger partial charge in [-0.25, -0.2) is 4.79 Å². The fourth-order valence-corrected chi connectivity index (χ4v) is 2.83. The van der Waals surface area contributed by atoms with E-state index in [-0.39, 0.29) is 18.6 Å². The number of hydrogen-bond donors (Lipinski definition) is 1. The smallest absolute Gasteiger partial charge is 0.323 e. The van der Waals surface area contributed by atoms with Crippen molar-refractivity contribution in [2.75, 3.05) is 20.1 Å². The topological polar surface area (TPSA) is 60.9 Å². The molecule has 0 aromatic rings. The van der Waals surface area contributed by atoms with Crippen LogP contribution in [-0.4, -0.2) is 53.1 Å². The fraction of sp³-hybridized carbons (Fsp3) is 0.857. The highest BCUT2D eigenvalue weighted by molar-refractivity contribution is 5.80. The number of carbonyl (C=O) groups excluding carboxylic acids is 1. The van der Waals surface area contributed by atoms with Crippen molar-refractivity contribution in [2.24, 2.45) is 5.92 Å². The summed E-state index contributed by atoms with van der Waals surface area (Å²) in [5.41, 5.74) is 0. The van der Waals surface area contributed by atoms with Crippen LogP contribution in [0.3, 0.4) is 0 Å². The third kappa shape index (κ3) is 4.11. The van der Waals surface area contributed by atoms with Crippen LogP contribution in [0.5, 0.6) is 0 Å². The molecule has 0 aliphatic heterocycles. The summed E-state index contributed by atoms with van der Waals surface area (Å²) in [5.74, 6) is -0.408. The van der Waals surface area contributed by atoms with E-state index >= 15 is 0 Å². The molecule has 0 heterocycles. The second kappa shape index (κ2) is 6.26. The van der Waals surface area contributed by atoms with Gasteiger partial charge in [-0.05, 0) is 31.6 Å². The maximum atomic E-state index is 12.4. The van der Waals surface area contributed by atoms with Crippen LogP contribution >= 0.6 is 0 Å². The first-order valence-corrected chi connectivity index (χ1v) is 7.31. The minimum absolute atomic E-state index is 0.110. The van der Waals surface area contributed by atoms with Crippen molar-refractivity contribution < 1.29 is 14.7 Å². The average Bonchev–Trinajstić information content (AvgIpc) is 3.21. The zero-order valence-electron chi connectivity index (χ0n) is 11.7. The molecule has 5 nitrogen and oxygen atoms in total. The fourth-order valence-electron chi connectivity index (χ4n) is 2.83. The maximum Gasteiger partial charge on any atom is 0.323 e. The van der Waals surface area contributed by atoms with Crippen molar-refractivity contribution in [1.82, 2.24) is 9.80 Å². The normalized spacial score (nSPS) is 20.1.